The fraction of sp³-hybridized carbons (Fsp3) is 0.222. The topological polar surface area (TPSA) is 76.9 Å². The number of nitrogens with zero attached hydrogens (tertiary/aromatic N) is 2. The molecule has 0 atom stereocenters. The van der Waals surface area contributed by atoms with Gasteiger partial charge in [-0.05, 0) is 6.07 Å². The number of aldehydes is 1. The number of carbonyl (C=O) groups is 1. The van der Waals surface area contributed by atoms with E-state index in [0.717, 1.165) is 4.57 Å². The Bertz CT molecular complexity index is 660. The minimum Gasteiger partial charge on any atom is -0.347 e. The van der Waals surface area contributed by atoms with Crippen molar-refractivity contribution in [3.05, 3.63) is 32.6 Å². The molecule has 6 heteroatoms. The second kappa shape index (κ2) is 2.94. The number of hydrogen-bond acceptors (Lipinski definition) is 3. The van der Waals surface area contributed by atoms with Gasteiger partial charge in [0.1, 0.15) is 5.52 Å². The molecule has 78 valence electrons. The summed E-state index contributed by atoms with van der Waals surface area (Å²) < 4.78 is 2.31. The number of fused-ring (bicyclic) bond motifs is 1. The smallest absolute Gasteiger partial charge is 0.331 e. The lowest BCUT2D eigenvalue weighted by atomic mass is 10.4. The Kier molecular flexibility index (Phi) is 1.85. The summed E-state index contributed by atoms with van der Waals surface area (Å²) in [6, 6.07) is 1.48. The van der Waals surface area contributed by atoms with Gasteiger partial charge in [0.25, 0.3) is 5.56 Å². The molecule has 2 aromatic rings. The van der Waals surface area contributed by atoms with E-state index in [1.54, 1.807) is 7.05 Å². The SMILES string of the molecule is Cn1c(=O)c2[nH]c(C=O)cc2n(C)c1=O. The zero-order chi connectivity index (χ0) is 11.2. The fourth-order valence-electron chi connectivity index (χ4n) is 1.54. The fourth-order valence-corrected chi connectivity index (χ4v) is 1.54. The molecule has 0 amide bonds. The van der Waals surface area contributed by atoms with E-state index >= 15 is 0 Å². The Morgan fingerprint density at radius 2 is 1.93 bits per heavy atom. The van der Waals surface area contributed by atoms with Crippen LogP contribution in [0, 0.1) is 0 Å². The molecule has 0 aliphatic rings. The van der Waals surface area contributed by atoms with Crippen molar-refractivity contribution in [2.45, 2.75) is 0 Å². The Labute approximate surface area is 83.8 Å². The molecular formula is C9H9N3O3. The van der Waals surface area contributed by atoms with Crippen molar-refractivity contribution < 1.29 is 4.79 Å². The van der Waals surface area contributed by atoms with Gasteiger partial charge in [0.15, 0.2) is 6.29 Å². The van der Waals surface area contributed by atoms with Crippen molar-refractivity contribution >= 4 is 17.3 Å². The maximum atomic E-state index is 11.6. The van der Waals surface area contributed by atoms with E-state index in [4.69, 9.17) is 0 Å². The Balaban J connectivity index is 3.11. The van der Waals surface area contributed by atoms with Gasteiger partial charge in [0.05, 0.1) is 11.2 Å². The summed E-state index contributed by atoms with van der Waals surface area (Å²) in [6.45, 7) is 0. The van der Waals surface area contributed by atoms with Crippen LogP contribution in [0.1, 0.15) is 10.5 Å². The zero-order valence-electron chi connectivity index (χ0n) is 8.27. The number of aromatic nitrogens is 3. The molecule has 0 bridgehead atoms. The lowest BCUT2D eigenvalue weighted by molar-refractivity contribution is 0.112. The van der Waals surface area contributed by atoms with E-state index in [1.165, 1.54) is 17.7 Å². The van der Waals surface area contributed by atoms with Crippen LogP contribution < -0.4 is 11.2 Å². The highest BCUT2D eigenvalue weighted by Crippen LogP contribution is 2.07. The van der Waals surface area contributed by atoms with Crippen LogP contribution in [0.5, 0.6) is 0 Å². The maximum Gasteiger partial charge on any atom is 0.331 e. The first-order chi connectivity index (χ1) is 7.06. The summed E-state index contributed by atoms with van der Waals surface area (Å²) in [5.41, 5.74) is 0.139. The van der Waals surface area contributed by atoms with E-state index in [2.05, 4.69) is 4.98 Å². The van der Waals surface area contributed by atoms with Gasteiger partial charge in [0, 0.05) is 14.1 Å². The predicted octanol–water partition coefficient (Wildman–Crippen LogP) is -0.622. The van der Waals surface area contributed by atoms with Crippen molar-refractivity contribution in [3.8, 4) is 0 Å². The molecule has 15 heavy (non-hydrogen) atoms. The van der Waals surface area contributed by atoms with Crippen LogP contribution in [0.2, 0.25) is 0 Å². The third-order valence-electron chi connectivity index (χ3n) is 2.40. The number of aromatic amines is 1. The van der Waals surface area contributed by atoms with E-state index < -0.39 is 11.2 Å². The molecule has 6 nitrogen and oxygen atoms in total. The Morgan fingerprint density at radius 1 is 1.27 bits per heavy atom. The van der Waals surface area contributed by atoms with Gasteiger partial charge in [-0.25, -0.2) is 4.79 Å². The molecule has 2 rings (SSSR count). The lowest BCUT2D eigenvalue weighted by Crippen LogP contribution is -2.36. The first-order valence-electron chi connectivity index (χ1n) is 4.30. The normalized spacial score (nSPS) is 10.8. The zero-order valence-corrected chi connectivity index (χ0v) is 8.27. The Hall–Kier alpha value is -2.11. The van der Waals surface area contributed by atoms with Gasteiger partial charge in [-0.15, -0.1) is 0 Å². The van der Waals surface area contributed by atoms with Crippen molar-refractivity contribution in [2.24, 2.45) is 14.1 Å². The first-order valence-corrected chi connectivity index (χ1v) is 4.30. The van der Waals surface area contributed by atoms with Gasteiger partial charge in [-0.1, -0.05) is 0 Å². The molecule has 0 aliphatic carbocycles. The summed E-state index contributed by atoms with van der Waals surface area (Å²) in [7, 11) is 2.94. The number of hydrogen-bond donors (Lipinski definition) is 1. The molecule has 0 saturated carbocycles. The second-order valence-corrected chi connectivity index (χ2v) is 3.31. The van der Waals surface area contributed by atoms with E-state index in [0.29, 0.717) is 11.8 Å². The number of nitrogens with one attached hydrogen (secondary N) is 1. The Morgan fingerprint density at radius 3 is 2.53 bits per heavy atom. The molecule has 0 radical (unpaired) electrons. The number of carbonyl (C=O) groups excluding carboxylic acids is 1. The molecule has 0 aromatic carbocycles. The summed E-state index contributed by atoms with van der Waals surface area (Å²) in [5, 5.41) is 0. The van der Waals surface area contributed by atoms with Gasteiger partial charge in [-0.2, -0.15) is 0 Å². The summed E-state index contributed by atoms with van der Waals surface area (Å²) >= 11 is 0. The van der Waals surface area contributed by atoms with E-state index in [1.807, 2.05) is 0 Å². The standard InChI is InChI=1S/C9H9N3O3/c1-11-6-3-5(4-13)10-7(6)8(14)12(2)9(11)15/h3-4,10H,1-2H3. The molecule has 2 heterocycles. The van der Waals surface area contributed by atoms with Crippen LogP contribution in [-0.2, 0) is 14.1 Å². The van der Waals surface area contributed by atoms with Crippen LogP contribution in [0.3, 0.4) is 0 Å². The van der Waals surface area contributed by atoms with Gasteiger partial charge in [0.2, 0.25) is 0 Å². The van der Waals surface area contributed by atoms with E-state index in [9.17, 15) is 14.4 Å². The van der Waals surface area contributed by atoms with Gasteiger partial charge < -0.3 is 4.98 Å². The monoisotopic (exact) mass is 207 g/mol. The number of rotatable bonds is 1. The molecule has 0 saturated heterocycles. The van der Waals surface area contributed by atoms with Crippen LogP contribution in [0.15, 0.2) is 15.7 Å². The highest BCUT2D eigenvalue weighted by molar-refractivity contribution is 5.84. The molecule has 0 aliphatic heterocycles. The molecule has 0 unspecified atom stereocenters. The van der Waals surface area contributed by atoms with E-state index in [-0.39, 0.29) is 11.2 Å². The average Bonchev–Trinajstić information content (AvgIpc) is 2.67. The van der Waals surface area contributed by atoms with Gasteiger partial charge in [-0.3, -0.25) is 18.7 Å². The molecule has 2 aromatic heterocycles. The summed E-state index contributed by atoms with van der Waals surface area (Å²) in [5.74, 6) is 0. The second-order valence-electron chi connectivity index (χ2n) is 3.31. The molecule has 0 fully saturated rings. The van der Waals surface area contributed by atoms with Crippen LogP contribution in [0.4, 0.5) is 0 Å². The van der Waals surface area contributed by atoms with Crippen molar-refractivity contribution in [2.75, 3.05) is 0 Å². The van der Waals surface area contributed by atoms with Crippen LogP contribution in [0.25, 0.3) is 11.0 Å². The number of aryl methyl sites for hydroxylation is 1. The quantitative estimate of drug-likeness (QED) is 0.633. The average molecular weight is 207 g/mol. The number of H-pyrrole nitrogens is 1. The van der Waals surface area contributed by atoms with Crippen molar-refractivity contribution in [1.29, 1.82) is 0 Å². The third-order valence-corrected chi connectivity index (χ3v) is 2.40. The largest absolute Gasteiger partial charge is 0.347 e. The van der Waals surface area contributed by atoms with Gasteiger partial charge >= 0.3 is 5.69 Å². The molecule has 1 N–H and O–H groups in total. The van der Waals surface area contributed by atoms with Crippen LogP contribution in [-0.4, -0.2) is 20.4 Å². The lowest BCUT2D eigenvalue weighted by Gasteiger charge is -2.02. The minimum absolute atomic E-state index is 0.265. The first kappa shape index (κ1) is 9.45. The molecule has 0 spiro atoms. The molecular weight excluding hydrogens is 198 g/mol. The predicted molar refractivity (Wildman–Crippen MR) is 54.2 cm³/mol. The highest BCUT2D eigenvalue weighted by atomic mass is 16.2. The maximum absolute atomic E-state index is 11.6. The highest BCUT2D eigenvalue weighted by Gasteiger charge is 2.10. The third kappa shape index (κ3) is 1.14. The minimum atomic E-state index is -0.429. The summed E-state index contributed by atoms with van der Waals surface area (Å²) in [4.78, 5) is 36.4. The van der Waals surface area contributed by atoms with Crippen molar-refractivity contribution in [3.63, 3.8) is 0 Å². The van der Waals surface area contributed by atoms with Crippen LogP contribution >= 0.6 is 0 Å². The summed E-state index contributed by atoms with van der Waals surface area (Å²) in [6.07, 6.45) is 0.601. The van der Waals surface area contributed by atoms with Crippen molar-refractivity contribution in [1.82, 2.24) is 14.1 Å².